The molecule has 31 heavy (non-hydrogen) atoms. The monoisotopic (exact) mass is 478 g/mol. The first kappa shape index (κ1) is 22.9. The van der Waals surface area contributed by atoms with Crippen LogP contribution in [0.4, 0.5) is 36.8 Å². The predicted octanol–water partition coefficient (Wildman–Crippen LogP) is 7.36. The molecule has 3 rings (SSSR count). The van der Waals surface area contributed by atoms with E-state index >= 15 is 0 Å². The van der Waals surface area contributed by atoms with Crippen LogP contribution < -0.4 is 10.1 Å². The Balaban J connectivity index is 1.79. The van der Waals surface area contributed by atoms with Crippen LogP contribution in [0, 0.1) is 6.92 Å². The minimum Gasteiger partial charge on any atom is -0.397 e. The average molecular weight is 478 g/mol. The zero-order valence-corrected chi connectivity index (χ0v) is 17.1. The molecule has 0 aliphatic heterocycles. The van der Waals surface area contributed by atoms with E-state index in [1.807, 2.05) is 0 Å². The zero-order chi connectivity index (χ0) is 22.8. The molecule has 12 heteroatoms. The molecule has 1 heterocycles. The molecule has 164 valence electrons. The molecule has 3 aromatic rings. The van der Waals surface area contributed by atoms with Crippen molar-refractivity contribution in [2.75, 3.05) is 5.32 Å². The topological polar surface area (TPSA) is 51.2 Å². The van der Waals surface area contributed by atoms with Crippen LogP contribution in [-0.2, 0) is 6.18 Å². The molecule has 1 aromatic heterocycles. The van der Waals surface area contributed by atoms with Gasteiger partial charge in [0.15, 0.2) is 5.69 Å². The molecule has 0 fully saturated rings. The summed E-state index contributed by atoms with van der Waals surface area (Å²) in [6, 6.07) is 11.7. The molecule has 0 atom stereocenters. The van der Waals surface area contributed by atoms with E-state index in [-0.39, 0.29) is 27.4 Å². The quantitative estimate of drug-likeness (QED) is 0.314. The van der Waals surface area contributed by atoms with Crippen molar-refractivity contribution in [3.05, 3.63) is 59.2 Å². The van der Waals surface area contributed by atoms with Crippen molar-refractivity contribution < 1.29 is 35.9 Å². The summed E-state index contributed by atoms with van der Waals surface area (Å²) in [5.41, 5.74) is -4.57. The van der Waals surface area contributed by atoms with Crippen LogP contribution in [0.5, 0.6) is 5.06 Å². The van der Waals surface area contributed by atoms with Gasteiger partial charge in [-0.2, -0.15) is 26.3 Å². The highest BCUT2D eigenvalue weighted by Gasteiger charge is 2.39. The summed E-state index contributed by atoms with van der Waals surface area (Å²) in [6.07, 6.45) is -5.94. The number of hydrogen-bond acceptors (Lipinski definition) is 5. The van der Waals surface area contributed by atoms with E-state index in [2.05, 4.69) is 10.3 Å². The van der Waals surface area contributed by atoms with E-state index in [9.17, 15) is 31.1 Å². The van der Waals surface area contributed by atoms with Gasteiger partial charge in [-0.05, 0) is 42.4 Å². The zero-order valence-electron chi connectivity index (χ0n) is 15.5. The Morgan fingerprint density at radius 1 is 1.03 bits per heavy atom. The highest BCUT2D eigenvalue weighted by atomic mass is 32.2. The number of amides is 1. The number of rotatable bonds is 4. The smallest absolute Gasteiger partial charge is 0.397 e. The van der Waals surface area contributed by atoms with Crippen LogP contribution in [-0.4, -0.2) is 16.6 Å². The van der Waals surface area contributed by atoms with E-state index in [1.54, 1.807) is 18.2 Å². The van der Waals surface area contributed by atoms with E-state index in [0.717, 1.165) is 0 Å². The SMILES string of the molecule is Cc1nc(C(F)(F)F)c(OC(=O)Nc2ccccc2-c2ccc(SC(F)(F)F)cc2)s1. The van der Waals surface area contributed by atoms with Crippen molar-refractivity contribution >= 4 is 34.9 Å². The van der Waals surface area contributed by atoms with Crippen LogP contribution in [0.2, 0.25) is 0 Å². The lowest BCUT2D eigenvalue weighted by Gasteiger charge is -2.12. The van der Waals surface area contributed by atoms with E-state index in [0.29, 0.717) is 22.5 Å². The Labute approximate surface area is 180 Å². The summed E-state index contributed by atoms with van der Waals surface area (Å²) in [5.74, 6) is 0. The number of halogens is 6. The molecule has 2 aromatic carbocycles. The van der Waals surface area contributed by atoms with E-state index in [4.69, 9.17) is 4.74 Å². The van der Waals surface area contributed by atoms with Crippen molar-refractivity contribution in [3.8, 4) is 16.2 Å². The molecule has 0 unspecified atom stereocenters. The second-order valence-corrected chi connectivity index (χ2v) is 8.30. The molecule has 4 nitrogen and oxygen atoms in total. The number of thioether (sulfide) groups is 1. The Bertz CT molecular complexity index is 1080. The largest absolute Gasteiger partial charge is 0.446 e. The molecule has 0 radical (unpaired) electrons. The van der Waals surface area contributed by atoms with Gasteiger partial charge in [0.05, 0.1) is 10.7 Å². The number of aryl methyl sites for hydroxylation is 1. The van der Waals surface area contributed by atoms with Crippen molar-refractivity contribution in [2.45, 2.75) is 23.5 Å². The van der Waals surface area contributed by atoms with Crippen LogP contribution >= 0.6 is 23.1 Å². The van der Waals surface area contributed by atoms with Gasteiger partial charge >= 0.3 is 17.8 Å². The molecule has 0 spiro atoms. The predicted molar refractivity (Wildman–Crippen MR) is 105 cm³/mol. The lowest BCUT2D eigenvalue weighted by atomic mass is 10.0. The van der Waals surface area contributed by atoms with Gasteiger partial charge in [-0.3, -0.25) is 5.32 Å². The van der Waals surface area contributed by atoms with Gasteiger partial charge in [0.2, 0.25) is 5.06 Å². The number of carbonyl (C=O) groups excluding carboxylic acids is 1. The molecule has 1 amide bonds. The minimum atomic E-state index is -4.78. The van der Waals surface area contributed by atoms with Gasteiger partial charge in [-0.1, -0.05) is 41.7 Å². The number of carbonyl (C=O) groups is 1. The Morgan fingerprint density at radius 2 is 1.68 bits per heavy atom. The molecule has 0 saturated carbocycles. The number of aromatic nitrogens is 1. The minimum absolute atomic E-state index is 0.0126. The van der Waals surface area contributed by atoms with Gasteiger partial charge in [-0.25, -0.2) is 9.78 Å². The maximum atomic E-state index is 13.0. The average Bonchev–Trinajstić information content (AvgIpc) is 3.02. The number of ether oxygens (including phenoxy) is 1. The Morgan fingerprint density at radius 3 is 2.29 bits per heavy atom. The lowest BCUT2D eigenvalue weighted by molar-refractivity contribution is -0.141. The van der Waals surface area contributed by atoms with Crippen LogP contribution in [0.1, 0.15) is 10.7 Å². The molecular weight excluding hydrogens is 466 g/mol. The summed E-state index contributed by atoms with van der Waals surface area (Å²) < 4.78 is 81.3. The highest BCUT2D eigenvalue weighted by Crippen LogP contribution is 2.40. The third-order valence-corrected chi connectivity index (χ3v) is 5.31. The summed E-state index contributed by atoms with van der Waals surface area (Å²) in [6.45, 7) is 1.35. The third-order valence-electron chi connectivity index (χ3n) is 3.72. The van der Waals surface area contributed by atoms with Crippen molar-refractivity contribution in [3.63, 3.8) is 0 Å². The van der Waals surface area contributed by atoms with Crippen LogP contribution in [0.3, 0.4) is 0 Å². The first-order valence-electron chi connectivity index (χ1n) is 8.41. The first-order valence-corrected chi connectivity index (χ1v) is 10.0. The summed E-state index contributed by atoms with van der Waals surface area (Å²) in [7, 11) is 0. The molecule has 1 N–H and O–H groups in total. The van der Waals surface area contributed by atoms with Gasteiger partial charge in [0.25, 0.3) is 0 Å². The van der Waals surface area contributed by atoms with Gasteiger partial charge in [0, 0.05) is 10.5 Å². The molecule has 0 aliphatic carbocycles. The van der Waals surface area contributed by atoms with Gasteiger partial charge < -0.3 is 4.74 Å². The number of benzene rings is 2. The highest BCUT2D eigenvalue weighted by molar-refractivity contribution is 8.00. The van der Waals surface area contributed by atoms with Crippen LogP contribution in [0.15, 0.2) is 53.4 Å². The molecule has 0 aliphatic rings. The number of nitrogens with one attached hydrogen (secondary N) is 1. The summed E-state index contributed by atoms with van der Waals surface area (Å²) in [4.78, 5) is 15.5. The Kier molecular flexibility index (Phi) is 6.51. The second kappa shape index (κ2) is 8.79. The third kappa shape index (κ3) is 6.14. The van der Waals surface area contributed by atoms with Crippen molar-refractivity contribution in [2.24, 2.45) is 0 Å². The number of para-hydroxylation sites is 1. The summed E-state index contributed by atoms with van der Waals surface area (Å²) >= 11 is 0.318. The molecule has 0 bridgehead atoms. The normalized spacial score (nSPS) is 12.0. The Hall–Kier alpha value is -2.73. The fourth-order valence-electron chi connectivity index (χ4n) is 2.56. The molecular formula is C19H12F6N2O2S2. The lowest BCUT2D eigenvalue weighted by Crippen LogP contribution is -2.19. The maximum Gasteiger partial charge on any atom is 0.446 e. The van der Waals surface area contributed by atoms with Crippen molar-refractivity contribution in [1.29, 1.82) is 0 Å². The first-order chi connectivity index (χ1) is 14.4. The second-order valence-electron chi connectivity index (χ2n) is 6.00. The number of hydrogen-bond donors (Lipinski definition) is 1. The fraction of sp³-hybridized carbons (Fsp3) is 0.158. The fourth-order valence-corrected chi connectivity index (χ4v) is 3.88. The van der Waals surface area contributed by atoms with Gasteiger partial charge in [-0.15, -0.1) is 0 Å². The number of anilines is 1. The maximum absolute atomic E-state index is 13.0. The standard InChI is InChI=1S/C19H12F6N2O2S2/c1-10-26-15(18(20,21)22)16(30-10)29-17(28)27-14-5-3-2-4-13(14)11-6-8-12(9-7-11)31-19(23,24)25/h2-9H,1H3,(H,27,28). The van der Waals surface area contributed by atoms with E-state index in [1.165, 1.54) is 37.3 Å². The van der Waals surface area contributed by atoms with Gasteiger partial charge in [0.1, 0.15) is 0 Å². The van der Waals surface area contributed by atoms with Crippen molar-refractivity contribution in [1.82, 2.24) is 4.98 Å². The van der Waals surface area contributed by atoms with Crippen LogP contribution in [0.25, 0.3) is 11.1 Å². The number of thiazole rings is 1. The number of nitrogens with zero attached hydrogens (tertiary/aromatic N) is 1. The van der Waals surface area contributed by atoms with E-state index < -0.39 is 28.5 Å². The molecule has 0 saturated heterocycles. The summed E-state index contributed by atoms with van der Waals surface area (Å²) in [5, 5.41) is 1.75. The number of alkyl halides is 6.